The largest absolute Gasteiger partial charge is 0.416 e. The third-order valence-corrected chi connectivity index (χ3v) is 4.71. The molecule has 2 aromatic carbocycles. The van der Waals surface area contributed by atoms with Gasteiger partial charge in [0.25, 0.3) is 0 Å². The smallest absolute Gasteiger partial charge is 0.338 e. The highest BCUT2D eigenvalue weighted by molar-refractivity contribution is 7.07. The Bertz CT molecular complexity index is 1140. The van der Waals surface area contributed by atoms with Crippen molar-refractivity contribution >= 4 is 34.0 Å². The summed E-state index contributed by atoms with van der Waals surface area (Å²) in [5, 5.41) is 4.58. The van der Waals surface area contributed by atoms with Crippen LogP contribution < -0.4 is 5.32 Å². The summed E-state index contributed by atoms with van der Waals surface area (Å²) in [5.41, 5.74) is 3.44. The number of carbonyl (C=O) groups excluding carboxylic acids is 1. The number of aromatic amines is 1. The van der Waals surface area contributed by atoms with Gasteiger partial charge >= 0.3 is 6.18 Å². The first kappa shape index (κ1) is 18.2. The highest BCUT2D eigenvalue weighted by atomic mass is 32.1. The number of H-pyrrole nitrogens is 1. The van der Waals surface area contributed by atoms with Crippen LogP contribution in [0.1, 0.15) is 11.3 Å². The maximum absolute atomic E-state index is 13.0. The third kappa shape index (κ3) is 3.74. The summed E-state index contributed by atoms with van der Waals surface area (Å²) in [5.74, 6) is 0.0457. The number of amides is 1. The predicted molar refractivity (Wildman–Crippen MR) is 101 cm³/mol. The molecule has 0 bridgehead atoms. The molecule has 1 amide bonds. The summed E-state index contributed by atoms with van der Waals surface area (Å²) in [6.07, 6.45) is -4.30. The molecule has 0 saturated carbocycles. The fourth-order valence-electron chi connectivity index (χ4n) is 2.80. The standard InChI is InChI=1S/C19H13F3N4OS/c20-19(21,22)12-4-1-3-11(7-12)18-25-15-6-2-5-14(17(15)26-18)24-16(27)8-13-9-28-10-23-13/h1-7,9-10H,8H2,(H,24,27)(H,25,26). The fraction of sp³-hybridized carbons (Fsp3) is 0.105. The molecule has 2 heterocycles. The number of fused-ring (bicyclic) bond motifs is 1. The molecule has 142 valence electrons. The van der Waals surface area contributed by atoms with Crippen molar-refractivity contribution in [3.63, 3.8) is 0 Å². The second-order valence-corrected chi connectivity index (χ2v) is 6.79. The average Bonchev–Trinajstić information content (AvgIpc) is 3.31. The number of thiazole rings is 1. The Labute approximate surface area is 161 Å². The zero-order chi connectivity index (χ0) is 19.7. The van der Waals surface area contributed by atoms with Crippen molar-refractivity contribution in [3.05, 3.63) is 64.6 Å². The van der Waals surface area contributed by atoms with Crippen LogP contribution in [-0.2, 0) is 17.4 Å². The van der Waals surface area contributed by atoms with Crippen molar-refractivity contribution in [2.24, 2.45) is 0 Å². The second-order valence-electron chi connectivity index (χ2n) is 6.07. The summed E-state index contributed by atoms with van der Waals surface area (Å²) >= 11 is 1.41. The van der Waals surface area contributed by atoms with Crippen molar-refractivity contribution in [1.82, 2.24) is 15.0 Å². The summed E-state index contributed by atoms with van der Waals surface area (Å²) in [6, 6.07) is 10.1. The lowest BCUT2D eigenvalue weighted by atomic mass is 10.1. The van der Waals surface area contributed by atoms with Crippen LogP contribution in [0.15, 0.2) is 53.4 Å². The van der Waals surface area contributed by atoms with Gasteiger partial charge in [-0.1, -0.05) is 18.2 Å². The molecule has 9 heteroatoms. The molecule has 28 heavy (non-hydrogen) atoms. The molecule has 0 aliphatic carbocycles. The zero-order valence-electron chi connectivity index (χ0n) is 14.2. The SMILES string of the molecule is O=C(Cc1cscn1)Nc1cccc2[nH]c(-c3cccc(C(F)(F)F)c3)nc12. The molecule has 4 aromatic rings. The number of nitrogens with zero attached hydrogens (tertiary/aromatic N) is 2. The normalized spacial score (nSPS) is 11.7. The van der Waals surface area contributed by atoms with Crippen LogP contribution in [0.25, 0.3) is 22.4 Å². The first-order chi connectivity index (χ1) is 13.4. The van der Waals surface area contributed by atoms with Crippen LogP contribution >= 0.6 is 11.3 Å². The number of imidazole rings is 1. The first-order valence-corrected chi connectivity index (χ1v) is 9.18. The molecule has 0 aliphatic rings. The lowest BCUT2D eigenvalue weighted by Crippen LogP contribution is -2.14. The maximum Gasteiger partial charge on any atom is 0.416 e. The van der Waals surface area contributed by atoms with Crippen molar-refractivity contribution in [2.75, 3.05) is 5.32 Å². The van der Waals surface area contributed by atoms with Gasteiger partial charge in [-0.05, 0) is 24.3 Å². The van der Waals surface area contributed by atoms with Crippen molar-refractivity contribution in [1.29, 1.82) is 0 Å². The molecule has 0 radical (unpaired) electrons. The zero-order valence-corrected chi connectivity index (χ0v) is 15.1. The Morgan fingerprint density at radius 2 is 2.00 bits per heavy atom. The topological polar surface area (TPSA) is 70.7 Å². The molecule has 0 spiro atoms. The molecule has 0 unspecified atom stereocenters. The molecule has 2 aromatic heterocycles. The van der Waals surface area contributed by atoms with E-state index in [0.29, 0.717) is 33.8 Å². The van der Waals surface area contributed by atoms with Crippen LogP contribution in [0.3, 0.4) is 0 Å². The van der Waals surface area contributed by atoms with Crippen molar-refractivity contribution in [3.8, 4) is 11.4 Å². The van der Waals surface area contributed by atoms with E-state index < -0.39 is 11.7 Å². The van der Waals surface area contributed by atoms with Gasteiger partial charge in [0.1, 0.15) is 11.3 Å². The Kier molecular flexibility index (Phi) is 4.60. The Morgan fingerprint density at radius 1 is 1.18 bits per heavy atom. The van der Waals surface area contributed by atoms with Gasteiger partial charge in [0, 0.05) is 10.9 Å². The lowest BCUT2D eigenvalue weighted by molar-refractivity contribution is -0.137. The number of para-hydroxylation sites is 1. The number of hydrogen-bond acceptors (Lipinski definition) is 4. The second kappa shape index (κ2) is 7.08. The van der Waals surface area contributed by atoms with E-state index >= 15 is 0 Å². The number of benzene rings is 2. The van der Waals surface area contributed by atoms with E-state index in [1.807, 2.05) is 0 Å². The third-order valence-electron chi connectivity index (χ3n) is 4.08. The van der Waals surface area contributed by atoms with Gasteiger partial charge in [-0.25, -0.2) is 9.97 Å². The van der Waals surface area contributed by atoms with Crippen molar-refractivity contribution in [2.45, 2.75) is 12.6 Å². The van der Waals surface area contributed by atoms with Gasteiger partial charge in [0.15, 0.2) is 0 Å². The van der Waals surface area contributed by atoms with Gasteiger partial charge in [0.2, 0.25) is 5.91 Å². The average molecular weight is 402 g/mol. The van der Waals surface area contributed by atoms with E-state index in [-0.39, 0.29) is 12.3 Å². The minimum Gasteiger partial charge on any atom is -0.338 e. The number of halogens is 3. The summed E-state index contributed by atoms with van der Waals surface area (Å²) in [4.78, 5) is 23.7. The molecule has 5 nitrogen and oxygen atoms in total. The predicted octanol–water partition coefficient (Wildman–Crippen LogP) is 4.89. The monoisotopic (exact) mass is 402 g/mol. The number of aromatic nitrogens is 3. The van der Waals surface area contributed by atoms with Crippen molar-refractivity contribution < 1.29 is 18.0 Å². The number of nitrogens with one attached hydrogen (secondary N) is 2. The minimum atomic E-state index is -4.43. The van der Waals surface area contributed by atoms with Crippen LogP contribution in [0.4, 0.5) is 18.9 Å². The van der Waals surface area contributed by atoms with Crippen LogP contribution in [0.5, 0.6) is 0 Å². The van der Waals surface area contributed by atoms with Gasteiger partial charge < -0.3 is 10.3 Å². The van der Waals surface area contributed by atoms with E-state index in [9.17, 15) is 18.0 Å². The maximum atomic E-state index is 13.0. The van der Waals surface area contributed by atoms with E-state index in [0.717, 1.165) is 12.1 Å². The summed E-state index contributed by atoms with van der Waals surface area (Å²) in [7, 11) is 0. The molecule has 2 N–H and O–H groups in total. The molecule has 4 rings (SSSR count). The van der Waals surface area contributed by atoms with E-state index in [1.165, 1.54) is 17.4 Å². The Balaban J connectivity index is 1.65. The highest BCUT2D eigenvalue weighted by Crippen LogP contribution is 2.32. The molecule has 0 fully saturated rings. The van der Waals surface area contributed by atoms with Gasteiger partial charge in [-0.15, -0.1) is 11.3 Å². The molecule has 0 aliphatic heterocycles. The molecular weight excluding hydrogens is 389 g/mol. The molecule has 0 saturated heterocycles. The first-order valence-electron chi connectivity index (χ1n) is 8.23. The van der Waals surface area contributed by atoms with E-state index in [4.69, 9.17) is 0 Å². The number of anilines is 1. The summed E-state index contributed by atoms with van der Waals surface area (Å²) < 4.78 is 38.9. The van der Waals surface area contributed by atoms with Crippen LogP contribution in [-0.4, -0.2) is 20.9 Å². The highest BCUT2D eigenvalue weighted by Gasteiger charge is 2.30. The number of alkyl halides is 3. The van der Waals surface area contributed by atoms with Gasteiger partial charge in [-0.3, -0.25) is 4.79 Å². The quantitative estimate of drug-likeness (QED) is 0.511. The van der Waals surface area contributed by atoms with E-state index in [2.05, 4.69) is 20.3 Å². The molecular formula is C19H13F3N4OS. The van der Waals surface area contributed by atoms with Crippen LogP contribution in [0.2, 0.25) is 0 Å². The number of carbonyl (C=O) groups is 1. The Hall–Kier alpha value is -3.20. The van der Waals surface area contributed by atoms with Gasteiger partial charge in [-0.2, -0.15) is 13.2 Å². The number of hydrogen-bond donors (Lipinski definition) is 2. The summed E-state index contributed by atoms with van der Waals surface area (Å²) in [6.45, 7) is 0. The van der Waals surface area contributed by atoms with E-state index in [1.54, 1.807) is 35.2 Å². The number of rotatable bonds is 4. The Morgan fingerprint density at radius 3 is 2.75 bits per heavy atom. The molecule has 0 atom stereocenters. The van der Waals surface area contributed by atoms with Gasteiger partial charge in [0.05, 0.1) is 34.4 Å². The minimum absolute atomic E-state index is 0.130. The van der Waals surface area contributed by atoms with Crippen LogP contribution in [0, 0.1) is 0 Å². The lowest BCUT2D eigenvalue weighted by Gasteiger charge is -2.07. The fourth-order valence-corrected chi connectivity index (χ4v) is 3.35.